The van der Waals surface area contributed by atoms with Gasteiger partial charge in [-0.3, -0.25) is 9.69 Å². The molecule has 2 aromatic rings. The van der Waals surface area contributed by atoms with Crippen molar-refractivity contribution < 1.29 is 9.18 Å². The Morgan fingerprint density at radius 3 is 2.54 bits per heavy atom. The highest BCUT2D eigenvalue weighted by Crippen LogP contribution is 2.21. The van der Waals surface area contributed by atoms with E-state index in [0.717, 1.165) is 26.2 Å². The molecule has 0 spiro atoms. The van der Waals surface area contributed by atoms with E-state index in [2.05, 4.69) is 46.3 Å². The third-order valence-corrected chi connectivity index (χ3v) is 5.03. The molecule has 0 saturated carbocycles. The summed E-state index contributed by atoms with van der Waals surface area (Å²) in [6.45, 7) is 7.22. The Bertz CT molecular complexity index is 790. The van der Waals surface area contributed by atoms with Crippen LogP contribution in [0.25, 0.3) is 0 Å². The number of aryl methyl sites for hydroxylation is 1. The summed E-state index contributed by atoms with van der Waals surface area (Å²) >= 11 is 5.75. The second-order valence-electron chi connectivity index (χ2n) is 6.65. The lowest BCUT2D eigenvalue weighted by atomic mass is 10.1. The summed E-state index contributed by atoms with van der Waals surface area (Å²) in [5.41, 5.74) is 2.61. The fraction of sp³-hybridized carbons (Fsp3) is 0.350. The molecule has 1 saturated heterocycles. The number of hydrogen-bond acceptors (Lipinski definition) is 3. The number of nitrogens with zero attached hydrogens (tertiary/aromatic N) is 2. The maximum atomic E-state index is 13.9. The lowest BCUT2D eigenvalue weighted by Gasteiger charge is -2.38. The monoisotopic (exact) mass is 375 g/mol. The van der Waals surface area contributed by atoms with Crippen LogP contribution in [0.2, 0.25) is 5.02 Å². The first kappa shape index (κ1) is 18.7. The Balaban J connectivity index is 1.57. The van der Waals surface area contributed by atoms with Crippen LogP contribution in [-0.2, 0) is 4.79 Å². The summed E-state index contributed by atoms with van der Waals surface area (Å²) in [7, 11) is 0. The Morgan fingerprint density at radius 1 is 1.15 bits per heavy atom. The van der Waals surface area contributed by atoms with Crippen LogP contribution >= 0.6 is 11.6 Å². The molecule has 1 unspecified atom stereocenters. The molecule has 0 radical (unpaired) electrons. The van der Waals surface area contributed by atoms with E-state index in [1.165, 1.54) is 23.4 Å². The van der Waals surface area contributed by atoms with Crippen molar-refractivity contribution in [2.45, 2.75) is 19.9 Å². The number of rotatable bonds is 4. The lowest BCUT2D eigenvalue weighted by Crippen LogP contribution is -2.52. The molecular formula is C20H23ClFN3O. The van der Waals surface area contributed by atoms with E-state index in [9.17, 15) is 9.18 Å². The smallest absolute Gasteiger partial charge is 0.241 e. The van der Waals surface area contributed by atoms with Crippen molar-refractivity contribution in [2.75, 3.05) is 36.4 Å². The van der Waals surface area contributed by atoms with Crippen molar-refractivity contribution in [3.63, 3.8) is 0 Å². The van der Waals surface area contributed by atoms with Crippen LogP contribution in [0.1, 0.15) is 12.5 Å². The molecule has 0 aliphatic carbocycles. The minimum absolute atomic E-state index is 0.157. The summed E-state index contributed by atoms with van der Waals surface area (Å²) in [4.78, 5) is 16.9. The maximum Gasteiger partial charge on any atom is 0.241 e. The number of piperazine rings is 1. The van der Waals surface area contributed by atoms with Crippen molar-refractivity contribution in [3.8, 4) is 0 Å². The average Bonchev–Trinajstić information content (AvgIpc) is 2.63. The molecule has 1 amide bonds. The third-order valence-electron chi connectivity index (χ3n) is 4.80. The Kier molecular flexibility index (Phi) is 5.79. The van der Waals surface area contributed by atoms with Gasteiger partial charge in [0.1, 0.15) is 5.82 Å². The first-order chi connectivity index (χ1) is 12.4. The van der Waals surface area contributed by atoms with Crippen molar-refractivity contribution in [2.24, 2.45) is 0 Å². The molecule has 1 heterocycles. The predicted molar refractivity (Wildman–Crippen MR) is 104 cm³/mol. The number of nitrogens with one attached hydrogen (secondary N) is 1. The van der Waals surface area contributed by atoms with Crippen LogP contribution < -0.4 is 10.2 Å². The molecule has 0 bridgehead atoms. The molecular weight excluding hydrogens is 353 g/mol. The van der Waals surface area contributed by atoms with Gasteiger partial charge in [0.25, 0.3) is 0 Å². The highest BCUT2D eigenvalue weighted by Gasteiger charge is 2.26. The quantitative estimate of drug-likeness (QED) is 0.879. The second-order valence-corrected chi connectivity index (χ2v) is 7.09. The first-order valence-electron chi connectivity index (χ1n) is 8.75. The normalized spacial score (nSPS) is 16.4. The zero-order valence-corrected chi connectivity index (χ0v) is 15.8. The Labute approximate surface area is 158 Å². The van der Waals surface area contributed by atoms with Gasteiger partial charge in [-0.15, -0.1) is 0 Å². The van der Waals surface area contributed by atoms with Gasteiger partial charge in [0.15, 0.2) is 0 Å². The van der Waals surface area contributed by atoms with E-state index in [1.54, 1.807) is 6.07 Å². The molecule has 1 N–H and O–H groups in total. The zero-order valence-electron chi connectivity index (χ0n) is 15.0. The van der Waals surface area contributed by atoms with E-state index in [0.29, 0.717) is 5.02 Å². The van der Waals surface area contributed by atoms with E-state index in [4.69, 9.17) is 11.6 Å². The molecule has 1 fully saturated rings. The number of carbonyl (C=O) groups excluding carboxylic acids is 1. The molecule has 4 nitrogen and oxygen atoms in total. The van der Waals surface area contributed by atoms with Crippen LogP contribution in [0.3, 0.4) is 0 Å². The summed E-state index contributed by atoms with van der Waals surface area (Å²) < 4.78 is 13.9. The van der Waals surface area contributed by atoms with Gasteiger partial charge < -0.3 is 10.2 Å². The molecule has 2 aromatic carbocycles. The number of amides is 1. The van der Waals surface area contributed by atoms with E-state index < -0.39 is 5.82 Å². The summed E-state index contributed by atoms with van der Waals surface area (Å²) in [6.07, 6.45) is 0. The van der Waals surface area contributed by atoms with Crippen molar-refractivity contribution in [3.05, 3.63) is 58.9 Å². The minimum Gasteiger partial charge on any atom is -0.369 e. The molecule has 1 aliphatic heterocycles. The van der Waals surface area contributed by atoms with Gasteiger partial charge in [-0.2, -0.15) is 0 Å². The summed E-state index contributed by atoms with van der Waals surface area (Å²) in [5, 5.41) is 2.96. The van der Waals surface area contributed by atoms with Crippen LogP contribution in [-0.4, -0.2) is 43.0 Å². The number of anilines is 2. The fourth-order valence-electron chi connectivity index (χ4n) is 3.19. The third kappa shape index (κ3) is 4.34. The number of hydrogen-bond donors (Lipinski definition) is 1. The highest BCUT2D eigenvalue weighted by molar-refractivity contribution is 6.30. The van der Waals surface area contributed by atoms with Crippen LogP contribution in [0.4, 0.5) is 15.8 Å². The Hall–Kier alpha value is -2.11. The molecule has 1 aliphatic rings. The largest absolute Gasteiger partial charge is 0.369 e. The van der Waals surface area contributed by atoms with Crippen LogP contribution in [0.15, 0.2) is 42.5 Å². The van der Waals surface area contributed by atoms with E-state index >= 15 is 0 Å². The number of carbonyl (C=O) groups is 1. The molecule has 0 aromatic heterocycles. The molecule has 1 atom stereocenters. The first-order valence-corrected chi connectivity index (χ1v) is 9.13. The standard InChI is InChI=1S/C20H23ClFN3O/c1-14-4-3-5-17(12-14)25-10-8-24(9-11-25)15(2)20(26)23-19-7-6-16(21)13-18(19)22/h3-7,12-13,15H,8-11H2,1-2H3,(H,23,26). The second kappa shape index (κ2) is 8.06. The molecule has 3 rings (SSSR count). The minimum atomic E-state index is -0.526. The molecule has 6 heteroatoms. The average molecular weight is 376 g/mol. The SMILES string of the molecule is Cc1cccc(N2CCN(C(C)C(=O)Nc3ccc(Cl)cc3F)CC2)c1. The van der Waals surface area contributed by atoms with Crippen LogP contribution in [0, 0.1) is 12.7 Å². The zero-order chi connectivity index (χ0) is 18.7. The fourth-order valence-corrected chi connectivity index (χ4v) is 3.34. The lowest BCUT2D eigenvalue weighted by molar-refractivity contribution is -0.120. The van der Waals surface area contributed by atoms with Gasteiger partial charge in [-0.25, -0.2) is 4.39 Å². The Morgan fingerprint density at radius 2 is 1.88 bits per heavy atom. The molecule has 138 valence electrons. The van der Waals surface area contributed by atoms with Crippen LogP contribution in [0.5, 0.6) is 0 Å². The van der Waals surface area contributed by atoms with Gasteiger partial charge in [-0.1, -0.05) is 23.7 Å². The predicted octanol–water partition coefficient (Wildman–Crippen LogP) is 3.94. The number of halogens is 2. The summed E-state index contributed by atoms with van der Waals surface area (Å²) in [5.74, 6) is -0.738. The van der Waals surface area contributed by atoms with E-state index in [1.807, 2.05) is 6.92 Å². The van der Waals surface area contributed by atoms with Gasteiger partial charge in [-0.05, 0) is 49.7 Å². The highest BCUT2D eigenvalue weighted by atomic mass is 35.5. The summed E-state index contributed by atoms with van der Waals surface area (Å²) in [6, 6.07) is 12.4. The van der Waals surface area contributed by atoms with Crippen molar-refractivity contribution in [1.29, 1.82) is 0 Å². The van der Waals surface area contributed by atoms with Gasteiger partial charge >= 0.3 is 0 Å². The van der Waals surface area contributed by atoms with Gasteiger partial charge in [0.2, 0.25) is 5.91 Å². The maximum absolute atomic E-state index is 13.9. The topological polar surface area (TPSA) is 35.6 Å². The van der Waals surface area contributed by atoms with Crippen molar-refractivity contribution in [1.82, 2.24) is 4.90 Å². The van der Waals surface area contributed by atoms with Gasteiger partial charge in [0, 0.05) is 36.9 Å². The van der Waals surface area contributed by atoms with E-state index in [-0.39, 0.29) is 17.6 Å². The van der Waals surface area contributed by atoms with Gasteiger partial charge in [0.05, 0.1) is 11.7 Å². The number of benzene rings is 2. The molecule has 26 heavy (non-hydrogen) atoms. The van der Waals surface area contributed by atoms with Crippen molar-refractivity contribution >= 4 is 28.9 Å².